The van der Waals surface area contributed by atoms with Crippen LogP contribution in [0.3, 0.4) is 0 Å². The number of carboxylic acid groups (broad SMARTS) is 1. The maximum absolute atomic E-state index is 12.9. The number of carboxylic acids is 1. The van der Waals surface area contributed by atoms with Crippen molar-refractivity contribution in [2.75, 3.05) is 13.1 Å². The second-order valence-electron chi connectivity index (χ2n) is 7.06. The summed E-state index contributed by atoms with van der Waals surface area (Å²) in [5.41, 5.74) is -0.307. The largest absolute Gasteiger partial charge is 0.480 e. The van der Waals surface area contributed by atoms with Crippen molar-refractivity contribution in [1.82, 2.24) is 4.90 Å². The second kappa shape index (κ2) is 7.09. The zero-order valence-electron chi connectivity index (χ0n) is 13.3. The maximum atomic E-state index is 12.9. The molecule has 1 aliphatic rings. The minimum absolute atomic E-state index is 0.0693. The van der Waals surface area contributed by atoms with E-state index in [1.165, 1.54) is 0 Å². The van der Waals surface area contributed by atoms with Gasteiger partial charge < -0.3 is 10.0 Å². The van der Waals surface area contributed by atoms with Gasteiger partial charge in [-0.3, -0.25) is 9.59 Å². The summed E-state index contributed by atoms with van der Waals surface area (Å²) in [5.74, 6) is -0.102. The quantitative estimate of drug-likeness (QED) is 0.780. The van der Waals surface area contributed by atoms with Gasteiger partial charge >= 0.3 is 5.97 Å². The van der Waals surface area contributed by atoms with Gasteiger partial charge in [0, 0.05) is 12.0 Å². The molecular formula is C16H29NO3. The molecule has 1 fully saturated rings. The van der Waals surface area contributed by atoms with Crippen LogP contribution >= 0.6 is 0 Å². The summed E-state index contributed by atoms with van der Waals surface area (Å²) in [4.78, 5) is 25.5. The Bertz CT molecular complexity index is 344. The van der Waals surface area contributed by atoms with Crippen molar-refractivity contribution in [2.24, 2.45) is 17.3 Å². The maximum Gasteiger partial charge on any atom is 0.323 e. The third kappa shape index (κ3) is 4.50. The van der Waals surface area contributed by atoms with E-state index in [0.717, 1.165) is 32.1 Å². The number of nitrogens with zero attached hydrogens (tertiary/aromatic N) is 1. The van der Waals surface area contributed by atoms with E-state index >= 15 is 0 Å². The molecule has 0 atom stereocenters. The molecule has 4 heteroatoms. The lowest BCUT2D eigenvalue weighted by atomic mass is 9.77. The fourth-order valence-corrected chi connectivity index (χ4v) is 3.50. The van der Waals surface area contributed by atoms with Crippen molar-refractivity contribution >= 4 is 11.9 Å². The molecule has 0 spiro atoms. The molecule has 116 valence electrons. The van der Waals surface area contributed by atoms with Gasteiger partial charge in [0.25, 0.3) is 0 Å². The predicted octanol–water partition coefficient (Wildman–Crippen LogP) is 3.16. The van der Waals surface area contributed by atoms with Crippen LogP contribution in [-0.4, -0.2) is 35.0 Å². The highest BCUT2D eigenvalue weighted by atomic mass is 16.4. The van der Waals surface area contributed by atoms with Gasteiger partial charge in [-0.1, -0.05) is 40.5 Å². The van der Waals surface area contributed by atoms with Gasteiger partial charge in [-0.25, -0.2) is 0 Å². The fraction of sp³-hybridized carbons (Fsp3) is 0.875. The molecule has 0 radical (unpaired) electrons. The van der Waals surface area contributed by atoms with Crippen molar-refractivity contribution in [1.29, 1.82) is 0 Å². The second-order valence-corrected chi connectivity index (χ2v) is 7.06. The van der Waals surface area contributed by atoms with Gasteiger partial charge in [-0.05, 0) is 31.1 Å². The highest BCUT2D eigenvalue weighted by molar-refractivity contribution is 5.86. The van der Waals surface area contributed by atoms with Crippen molar-refractivity contribution in [3.63, 3.8) is 0 Å². The number of aliphatic carboxylic acids is 1. The van der Waals surface area contributed by atoms with Gasteiger partial charge in [0.15, 0.2) is 0 Å². The molecule has 0 bridgehead atoms. The molecule has 20 heavy (non-hydrogen) atoms. The summed E-state index contributed by atoms with van der Waals surface area (Å²) in [6.45, 7) is 8.67. The summed E-state index contributed by atoms with van der Waals surface area (Å²) in [5, 5.41) is 9.06. The summed E-state index contributed by atoms with van der Waals surface area (Å²) in [6.07, 6.45) is 4.87. The van der Waals surface area contributed by atoms with Crippen molar-refractivity contribution in [3.8, 4) is 0 Å². The summed E-state index contributed by atoms with van der Waals surface area (Å²) in [6, 6.07) is 0. The van der Waals surface area contributed by atoms with Crippen LogP contribution in [0.1, 0.15) is 59.8 Å². The first-order chi connectivity index (χ1) is 9.27. The molecule has 1 amide bonds. The fourth-order valence-electron chi connectivity index (χ4n) is 3.50. The van der Waals surface area contributed by atoms with Crippen LogP contribution in [0.25, 0.3) is 0 Å². The average Bonchev–Trinajstić information content (AvgIpc) is 2.74. The zero-order chi connectivity index (χ0) is 15.3. The Morgan fingerprint density at radius 3 is 2.05 bits per heavy atom. The molecule has 1 aliphatic carbocycles. The van der Waals surface area contributed by atoms with E-state index in [1.54, 1.807) is 4.90 Å². The molecule has 0 aliphatic heterocycles. The molecule has 0 heterocycles. The van der Waals surface area contributed by atoms with E-state index in [-0.39, 0.29) is 23.8 Å². The normalized spacial score (nSPS) is 17.7. The number of amides is 1. The van der Waals surface area contributed by atoms with E-state index in [0.29, 0.717) is 12.5 Å². The van der Waals surface area contributed by atoms with Crippen LogP contribution in [0, 0.1) is 17.3 Å². The molecule has 1 rings (SSSR count). The molecule has 4 nitrogen and oxygen atoms in total. The van der Waals surface area contributed by atoms with Gasteiger partial charge in [-0.15, -0.1) is 0 Å². The van der Waals surface area contributed by atoms with Crippen molar-refractivity contribution in [2.45, 2.75) is 59.8 Å². The number of rotatable bonds is 7. The molecular weight excluding hydrogens is 254 g/mol. The van der Waals surface area contributed by atoms with Crippen LogP contribution in [0.5, 0.6) is 0 Å². The first-order valence-corrected chi connectivity index (χ1v) is 7.78. The van der Waals surface area contributed by atoms with E-state index < -0.39 is 5.97 Å². The molecule has 0 saturated heterocycles. The predicted molar refractivity (Wildman–Crippen MR) is 79.4 cm³/mol. The Labute approximate surface area is 122 Å². The molecule has 1 N–H and O–H groups in total. The molecule has 1 saturated carbocycles. The monoisotopic (exact) mass is 283 g/mol. The lowest BCUT2D eigenvalue weighted by Crippen LogP contribution is -2.47. The van der Waals surface area contributed by atoms with Crippen molar-refractivity contribution < 1.29 is 14.7 Å². The minimum atomic E-state index is -0.920. The van der Waals surface area contributed by atoms with Crippen molar-refractivity contribution in [3.05, 3.63) is 0 Å². The van der Waals surface area contributed by atoms with Crippen LogP contribution in [0.15, 0.2) is 0 Å². The van der Waals surface area contributed by atoms with E-state index in [2.05, 4.69) is 13.8 Å². The topological polar surface area (TPSA) is 57.6 Å². The van der Waals surface area contributed by atoms with Gasteiger partial charge in [0.05, 0.1) is 0 Å². The molecule has 0 aromatic rings. The first-order valence-electron chi connectivity index (χ1n) is 7.78. The Morgan fingerprint density at radius 2 is 1.65 bits per heavy atom. The highest BCUT2D eigenvalue weighted by Gasteiger charge is 2.43. The lowest BCUT2D eigenvalue weighted by molar-refractivity contribution is -0.151. The molecule has 0 aromatic heterocycles. The minimum Gasteiger partial charge on any atom is -0.480 e. The Kier molecular flexibility index (Phi) is 6.03. The van der Waals surface area contributed by atoms with Crippen LogP contribution in [-0.2, 0) is 9.59 Å². The number of hydrogen-bond donors (Lipinski definition) is 1. The lowest BCUT2D eigenvalue weighted by Gasteiger charge is -2.35. The van der Waals surface area contributed by atoms with Crippen LogP contribution in [0.2, 0.25) is 0 Å². The van der Waals surface area contributed by atoms with E-state index in [9.17, 15) is 9.59 Å². The first kappa shape index (κ1) is 17.0. The van der Waals surface area contributed by atoms with Gasteiger partial charge in [-0.2, -0.15) is 0 Å². The SMILES string of the molecule is CC(C)CN(CC(=O)O)C(=O)C1(CC(C)C)CCCC1. The molecule has 0 unspecified atom stereocenters. The number of carbonyl (C=O) groups is 2. The van der Waals surface area contributed by atoms with Gasteiger partial charge in [0.1, 0.15) is 6.54 Å². The Morgan fingerprint density at radius 1 is 1.10 bits per heavy atom. The number of carbonyl (C=O) groups excluding carboxylic acids is 1. The van der Waals surface area contributed by atoms with Crippen LogP contribution in [0.4, 0.5) is 0 Å². The van der Waals surface area contributed by atoms with E-state index in [1.807, 2.05) is 13.8 Å². The third-order valence-electron chi connectivity index (χ3n) is 4.01. The zero-order valence-corrected chi connectivity index (χ0v) is 13.3. The average molecular weight is 283 g/mol. The Balaban J connectivity index is 2.91. The molecule has 0 aromatic carbocycles. The summed E-state index contributed by atoms with van der Waals surface area (Å²) >= 11 is 0. The standard InChI is InChI=1S/C16H29NO3/c1-12(2)9-16(7-5-6-8-16)15(20)17(10-13(3)4)11-14(18)19/h12-13H,5-11H2,1-4H3,(H,18,19). The number of hydrogen-bond acceptors (Lipinski definition) is 2. The highest BCUT2D eigenvalue weighted by Crippen LogP contribution is 2.44. The summed E-state index contributed by atoms with van der Waals surface area (Å²) < 4.78 is 0. The smallest absolute Gasteiger partial charge is 0.323 e. The summed E-state index contributed by atoms with van der Waals surface area (Å²) in [7, 11) is 0. The van der Waals surface area contributed by atoms with Gasteiger partial charge in [0.2, 0.25) is 5.91 Å². The third-order valence-corrected chi connectivity index (χ3v) is 4.01. The Hall–Kier alpha value is -1.06. The van der Waals surface area contributed by atoms with E-state index in [4.69, 9.17) is 5.11 Å². The van der Waals surface area contributed by atoms with Crippen LogP contribution < -0.4 is 0 Å².